The Kier molecular flexibility index (Phi) is 6.63. The second-order valence-electron chi connectivity index (χ2n) is 7.93. The van der Waals surface area contributed by atoms with E-state index in [1.165, 1.54) is 11.3 Å². The fourth-order valence-corrected chi connectivity index (χ4v) is 4.91. The second-order valence-corrected chi connectivity index (χ2v) is 8.78. The van der Waals surface area contributed by atoms with Gasteiger partial charge in [-0.1, -0.05) is 36.4 Å². The molecule has 0 spiro atoms. The molecule has 1 saturated heterocycles. The second kappa shape index (κ2) is 9.58. The Hall–Kier alpha value is -2.77. The highest BCUT2D eigenvalue weighted by Gasteiger charge is 2.25. The lowest BCUT2D eigenvalue weighted by Crippen LogP contribution is -2.48. The van der Waals surface area contributed by atoms with Gasteiger partial charge in [-0.15, -0.1) is 11.3 Å². The summed E-state index contributed by atoms with van der Waals surface area (Å²) >= 11 is 1.38. The highest BCUT2D eigenvalue weighted by Crippen LogP contribution is 2.27. The Morgan fingerprint density at radius 3 is 2.61 bits per heavy atom. The molecule has 1 N–H and O–H groups in total. The topological polar surface area (TPSA) is 65.5 Å². The third-order valence-electron chi connectivity index (χ3n) is 5.91. The predicted molar refractivity (Wildman–Crippen MR) is 126 cm³/mol. The first-order valence-corrected chi connectivity index (χ1v) is 11.7. The Morgan fingerprint density at radius 2 is 1.90 bits per heavy atom. The number of piperidine rings is 1. The van der Waals surface area contributed by atoms with E-state index in [1.807, 2.05) is 43.0 Å². The van der Waals surface area contributed by atoms with E-state index < -0.39 is 0 Å². The van der Waals surface area contributed by atoms with Gasteiger partial charge in [0, 0.05) is 31.1 Å². The SMILES string of the molecule is CCN(C(=O)CN1CCC(NC(=O)c2scnc2C)CC1)c1cccc2ccccc12. The largest absolute Gasteiger partial charge is 0.348 e. The van der Waals surface area contributed by atoms with Crippen LogP contribution in [-0.2, 0) is 4.79 Å². The number of thiazole rings is 1. The smallest absolute Gasteiger partial charge is 0.263 e. The van der Waals surface area contributed by atoms with Crippen LogP contribution in [0.25, 0.3) is 10.8 Å². The van der Waals surface area contributed by atoms with Gasteiger partial charge in [0.2, 0.25) is 5.91 Å². The molecule has 2 amide bonds. The molecule has 6 nitrogen and oxygen atoms in total. The number of aromatic nitrogens is 1. The van der Waals surface area contributed by atoms with Gasteiger partial charge in [0.15, 0.2) is 0 Å². The Balaban J connectivity index is 1.35. The minimum Gasteiger partial charge on any atom is -0.348 e. The number of nitrogens with one attached hydrogen (secondary N) is 1. The number of nitrogens with zero attached hydrogens (tertiary/aromatic N) is 3. The van der Waals surface area contributed by atoms with Crippen LogP contribution >= 0.6 is 11.3 Å². The van der Waals surface area contributed by atoms with Gasteiger partial charge in [-0.2, -0.15) is 0 Å². The van der Waals surface area contributed by atoms with Crippen LogP contribution in [0.15, 0.2) is 48.0 Å². The van der Waals surface area contributed by atoms with Crippen molar-refractivity contribution in [2.75, 3.05) is 31.1 Å². The number of likely N-dealkylation sites (N-methyl/N-ethyl adjacent to an activating group) is 1. The number of hydrogen-bond acceptors (Lipinski definition) is 5. The van der Waals surface area contributed by atoms with Crippen LogP contribution in [0.1, 0.15) is 35.1 Å². The van der Waals surface area contributed by atoms with Gasteiger partial charge in [0.05, 0.1) is 23.4 Å². The minimum atomic E-state index is -0.0392. The van der Waals surface area contributed by atoms with E-state index in [-0.39, 0.29) is 17.9 Å². The van der Waals surface area contributed by atoms with E-state index in [1.54, 1.807) is 5.51 Å². The van der Waals surface area contributed by atoms with E-state index in [0.717, 1.165) is 48.1 Å². The number of aryl methyl sites for hydroxylation is 1. The molecule has 0 radical (unpaired) electrons. The highest BCUT2D eigenvalue weighted by atomic mass is 32.1. The lowest BCUT2D eigenvalue weighted by atomic mass is 10.0. The molecule has 2 aromatic carbocycles. The maximum Gasteiger partial charge on any atom is 0.263 e. The maximum atomic E-state index is 13.1. The fourth-order valence-electron chi connectivity index (χ4n) is 4.21. The molecule has 1 aromatic heterocycles. The molecule has 4 rings (SSSR count). The van der Waals surface area contributed by atoms with E-state index in [9.17, 15) is 9.59 Å². The zero-order valence-electron chi connectivity index (χ0n) is 18.0. The standard InChI is InChI=1S/C24H28N4O2S/c1-3-28(21-10-6-8-18-7-4-5-9-20(18)21)22(29)15-27-13-11-19(12-14-27)26-24(30)23-17(2)25-16-31-23/h4-10,16,19H,3,11-15H2,1-2H3,(H,26,30). The third kappa shape index (κ3) is 4.78. The zero-order valence-corrected chi connectivity index (χ0v) is 18.8. The monoisotopic (exact) mass is 436 g/mol. The molecule has 1 fully saturated rings. The predicted octanol–water partition coefficient (Wildman–Crippen LogP) is 3.85. The molecule has 0 atom stereocenters. The number of rotatable bonds is 6. The molecule has 1 aliphatic heterocycles. The summed E-state index contributed by atoms with van der Waals surface area (Å²) < 4.78 is 0. The normalized spacial score (nSPS) is 15.2. The van der Waals surface area contributed by atoms with Crippen molar-refractivity contribution in [3.8, 4) is 0 Å². The van der Waals surface area contributed by atoms with Gasteiger partial charge >= 0.3 is 0 Å². The molecule has 0 unspecified atom stereocenters. The van der Waals surface area contributed by atoms with Crippen molar-refractivity contribution in [2.45, 2.75) is 32.7 Å². The number of benzene rings is 2. The summed E-state index contributed by atoms with van der Waals surface area (Å²) in [5.41, 5.74) is 3.44. The van der Waals surface area contributed by atoms with Crippen molar-refractivity contribution < 1.29 is 9.59 Å². The quantitative estimate of drug-likeness (QED) is 0.637. The number of amides is 2. The highest BCUT2D eigenvalue weighted by molar-refractivity contribution is 7.11. The third-order valence-corrected chi connectivity index (χ3v) is 6.84. The van der Waals surface area contributed by atoms with Gasteiger partial charge in [0.25, 0.3) is 5.91 Å². The summed E-state index contributed by atoms with van der Waals surface area (Å²) in [6, 6.07) is 14.4. The summed E-state index contributed by atoms with van der Waals surface area (Å²) in [7, 11) is 0. The average Bonchev–Trinajstić information content (AvgIpc) is 3.22. The molecule has 162 valence electrons. The first-order chi connectivity index (χ1) is 15.1. The molecule has 31 heavy (non-hydrogen) atoms. The Morgan fingerprint density at radius 1 is 1.16 bits per heavy atom. The van der Waals surface area contributed by atoms with Crippen molar-refractivity contribution in [3.05, 3.63) is 58.5 Å². The molecular formula is C24H28N4O2S. The lowest BCUT2D eigenvalue weighted by Gasteiger charge is -2.33. The van der Waals surface area contributed by atoms with Crippen molar-refractivity contribution in [2.24, 2.45) is 0 Å². The lowest BCUT2D eigenvalue weighted by molar-refractivity contribution is -0.120. The Bertz CT molecular complexity index is 1070. The van der Waals surface area contributed by atoms with E-state index >= 15 is 0 Å². The van der Waals surface area contributed by atoms with E-state index in [0.29, 0.717) is 18.0 Å². The average molecular weight is 437 g/mol. The first kappa shape index (κ1) is 21.5. The van der Waals surface area contributed by atoms with Crippen LogP contribution in [-0.4, -0.2) is 53.9 Å². The van der Waals surface area contributed by atoms with E-state index in [2.05, 4.69) is 33.4 Å². The number of carbonyl (C=O) groups is 2. The Labute approximate surface area is 186 Å². The maximum absolute atomic E-state index is 13.1. The van der Waals surface area contributed by atoms with Gasteiger partial charge in [-0.05, 0) is 38.1 Å². The number of carbonyl (C=O) groups excluding carboxylic acids is 2. The van der Waals surface area contributed by atoms with Crippen LogP contribution < -0.4 is 10.2 Å². The fraction of sp³-hybridized carbons (Fsp3) is 0.375. The zero-order chi connectivity index (χ0) is 21.8. The van der Waals surface area contributed by atoms with Gasteiger partial charge in [-0.3, -0.25) is 14.5 Å². The summed E-state index contributed by atoms with van der Waals surface area (Å²) in [6.45, 7) is 6.49. The van der Waals surface area contributed by atoms with E-state index in [4.69, 9.17) is 0 Å². The van der Waals surface area contributed by atoms with Gasteiger partial charge in [0.1, 0.15) is 4.88 Å². The molecule has 0 bridgehead atoms. The van der Waals surface area contributed by atoms with Gasteiger partial charge in [-0.25, -0.2) is 4.98 Å². The summed E-state index contributed by atoms with van der Waals surface area (Å²) in [4.78, 5) is 34.5. The van der Waals surface area contributed by atoms with Crippen LogP contribution in [0.3, 0.4) is 0 Å². The number of hydrogen-bond donors (Lipinski definition) is 1. The number of likely N-dealkylation sites (tertiary alicyclic amines) is 1. The van der Waals surface area contributed by atoms with Crippen LogP contribution in [0, 0.1) is 6.92 Å². The molecule has 3 aromatic rings. The summed E-state index contributed by atoms with van der Waals surface area (Å²) in [5.74, 6) is 0.0734. The van der Waals surface area contributed by atoms with Crippen LogP contribution in [0.5, 0.6) is 0 Å². The first-order valence-electron chi connectivity index (χ1n) is 10.8. The number of fused-ring (bicyclic) bond motifs is 1. The van der Waals surface area contributed by atoms with Crippen molar-refractivity contribution >= 4 is 39.6 Å². The molecule has 0 aliphatic carbocycles. The van der Waals surface area contributed by atoms with Crippen molar-refractivity contribution in [1.82, 2.24) is 15.2 Å². The minimum absolute atomic E-state index is 0.0392. The molecule has 0 saturated carbocycles. The summed E-state index contributed by atoms with van der Waals surface area (Å²) in [5, 5.41) is 5.36. The summed E-state index contributed by atoms with van der Waals surface area (Å²) in [6.07, 6.45) is 1.69. The van der Waals surface area contributed by atoms with Crippen LogP contribution in [0.2, 0.25) is 0 Å². The van der Waals surface area contributed by atoms with Crippen molar-refractivity contribution in [3.63, 3.8) is 0 Å². The molecule has 1 aliphatic rings. The van der Waals surface area contributed by atoms with Crippen LogP contribution in [0.4, 0.5) is 5.69 Å². The van der Waals surface area contributed by atoms with Gasteiger partial charge < -0.3 is 10.2 Å². The van der Waals surface area contributed by atoms with Crippen molar-refractivity contribution in [1.29, 1.82) is 0 Å². The molecular weight excluding hydrogens is 408 g/mol. The molecule has 7 heteroatoms. The number of anilines is 1. The molecule has 2 heterocycles.